The Balaban J connectivity index is 0.00000176. The Kier molecular flexibility index (Phi) is 5.77. The molecule has 2 bridgehead atoms. The van der Waals surface area contributed by atoms with Gasteiger partial charge in [0.25, 0.3) is 0 Å². The minimum Gasteiger partial charge on any atom is -0.495 e. The second-order valence-corrected chi connectivity index (χ2v) is 8.24. The molecule has 2 saturated heterocycles. The lowest BCUT2D eigenvalue weighted by atomic mass is 10.1. The van der Waals surface area contributed by atoms with E-state index < -0.39 is 10.0 Å². The van der Waals surface area contributed by atoms with Crippen molar-refractivity contribution in [3.63, 3.8) is 0 Å². The highest BCUT2D eigenvalue weighted by Crippen LogP contribution is 2.37. The molecule has 0 spiro atoms. The number of fused-ring (bicyclic) bond motifs is 2. The van der Waals surface area contributed by atoms with Gasteiger partial charge in [0.2, 0.25) is 10.0 Å². The van der Waals surface area contributed by atoms with Crippen LogP contribution in [0.25, 0.3) is 0 Å². The van der Waals surface area contributed by atoms with Crippen LogP contribution in [0.4, 0.5) is 0 Å². The fourth-order valence-corrected chi connectivity index (χ4v) is 5.89. The van der Waals surface area contributed by atoms with Crippen LogP contribution in [0, 0.1) is 0 Å². The Hall–Kier alpha value is -0.340. The molecule has 22 heavy (non-hydrogen) atoms. The zero-order valence-corrected chi connectivity index (χ0v) is 15.5. The highest BCUT2D eigenvalue weighted by atomic mass is 79.9. The van der Waals surface area contributed by atoms with Crippen molar-refractivity contribution in [3.05, 3.63) is 22.7 Å². The summed E-state index contributed by atoms with van der Waals surface area (Å²) in [6.45, 7) is 1.61. The molecule has 5 nitrogen and oxygen atoms in total. The number of nitrogens with one attached hydrogen (secondary N) is 1. The van der Waals surface area contributed by atoms with Crippen molar-refractivity contribution in [2.24, 2.45) is 0 Å². The summed E-state index contributed by atoms with van der Waals surface area (Å²) >= 11 is 3.35. The first-order valence-corrected chi connectivity index (χ1v) is 9.35. The molecule has 0 saturated carbocycles. The topological polar surface area (TPSA) is 58.6 Å². The molecule has 0 aliphatic carbocycles. The van der Waals surface area contributed by atoms with Gasteiger partial charge in [-0.1, -0.05) is 15.9 Å². The second-order valence-electron chi connectivity index (χ2n) is 5.51. The van der Waals surface area contributed by atoms with Crippen LogP contribution in [0.1, 0.15) is 19.3 Å². The molecular formula is C14H20BrClN2O3S. The number of nitrogens with zero attached hydrogens (tertiary/aromatic N) is 1. The van der Waals surface area contributed by atoms with Gasteiger partial charge in [-0.15, -0.1) is 12.4 Å². The summed E-state index contributed by atoms with van der Waals surface area (Å²) in [7, 11) is -2.05. The zero-order chi connectivity index (χ0) is 15.0. The fourth-order valence-electron chi connectivity index (χ4n) is 3.30. The van der Waals surface area contributed by atoms with Crippen LogP contribution in [0.2, 0.25) is 0 Å². The maximum Gasteiger partial charge on any atom is 0.247 e. The lowest BCUT2D eigenvalue weighted by molar-refractivity contribution is 0.331. The largest absolute Gasteiger partial charge is 0.495 e. The molecule has 2 aliphatic rings. The molecule has 1 aromatic rings. The SMILES string of the molecule is COc1ccc(Br)cc1S(=O)(=O)N1C2CCNCC1CC2.Cl. The molecule has 0 aromatic heterocycles. The van der Waals surface area contributed by atoms with Crippen LogP contribution in [0.5, 0.6) is 5.75 Å². The first-order valence-electron chi connectivity index (χ1n) is 7.12. The Morgan fingerprint density at radius 3 is 2.73 bits per heavy atom. The van der Waals surface area contributed by atoms with Gasteiger partial charge in [-0.05, 0) is 44.0 Å². The average molecular weight is 412 g/mol. The first-order chi connectivity index (χ1) is 10.0. The molecule has 2 aliphatic heterocycles. The van der Waals surface area contributed by atoms with Gasteiger partial charge >= 0.3 is 0 Å². The lowest BCUT2D eigenvalue weighted by Gasteiger charge is -2.27. The van der Waals surface area contributed by atoms with Crippen LogP contribution in [-0.2, 0) is 10.0 Å². The van der Waals surface area contributed by atoms with Crippen molar-refractivity contribution in [1.29, 1.82) is 0 Å². The van der Waals surface area contributed by atoms with Crippen molar-refractivity contribution in [1.82, 2.24) is 9.62 Å². The number of rotatable bonds is 3. The van der Waals surface area contributed by atoms with Crippen LogP contribution in [-0.4, -0.2) is 45.0 Å². The Morgan fingerprint density at radius 2 is 2.00 bits per heavy atom. The van der Waals surface area contributed by atoms with Crippen LogP contribution >= 0.6 is 28.3 Å². The van der Waals surface area contributed by atoms with Crippen LogP contribution < -0.4 is 10.1 Å². The van der Waals surface area contributed by atoms with Gasteiger partial charge in [-0.2, -0.15) is 4.31 Å². The highest BCUT2D eigenvalue weighted by molar-refractivity contribution is 9.10. The van der Waals surface area contributed by atoms with E-state index in [-0.39, 0.29) is 29.4 Å². The Labute approximate surface area is 146 Å². The summed E-state index contributed by atoms with van der Waals surface area (Å²) in [5.74, 6) is 0.398. The molecule has 1 N–H and O–H groups in total. The van der Waals surface area contributed by atoms with Crippen molar-refractivity contribution < 1.29 is 13.2 Å². The number of hydrogen-bond acceptors (Lipinski definition) is 4. The molecule has 2 unspecified atom stereocenters. The minimum absolute atomic E-state index is 0. The van der Waals surface area contributed by atoms with Crippen molar-refractivity contribution in [2.45, 2.75) is 36.2 Å². The third-order valence-electron chi connectivity index (χ3n) is 4.27. The predicted octanol–water partition coefficient (Wildman–Crippen LogP) is 2.39. The number of ether oxygens (including phenoxy) is 1. The highest BCUT2D eigenvalue weighted by Gasteiger charge is 2.43. The van der Waals surface area contributed by atoms with E-state index in [0.717, 1.165) is 36.8 Å². The van der Waals surface area contributed by atoms with Gasteiger partial charge in [-0.25, -0.2) is 8.42 Å². The third-order valence-corrected chi connectivity index (χ3v) is 6.79. The van der Waals surface area contributed by atoms with Gasteiger partial charge in [0, 0.05) is 23.1 Å². The lowest BCUT2D eigenvalue weighted by Crippen LogP contribution is -2.42. The summed E-state index contributed by atoms with van der Waals surface area (Å²) in [5.41, 5.74) is 0. The van der Waals surface area contributed by atoms with E-state index in [1.165, 1.54) is 7.11 Å². The van der Waals surface area contributed by atoms with Gasteiger partial charge in [0.1, 0.15) is 10.6 Å². The fraction of sp³-hybridized carbons (Fsp3) is 0.571. The average Bonchev–Trinajstić information content (AvgIpc) is 2.72. The van der Waals surface area contributed by atoms with E-state index in [9.17, 15) is 8.42 Å². The molecule has 2 atom stereocenters. The van der Waals surface area contributed by atoms with E-state index in [0.29, 0.717) is 5.75 Å². The summed E-state index contributed by atoms with van der Waals surface area (Å²) in [6.07, 6.45) is 2.74. The molecule has 2 heterocycles. The van der Waals surface area contributed by atoms with Crippen LogP contribution in [0.15, 0.2) is 27.6 Å². The van der Waals surface area contributed by atoms with Crippen molar-refractivity contribution in [2.75, 3.05) is 20.2 Å². The molecule has 124 valence electrons. The van der Waals surface area contributed by atoms with Crippen molar-refractivity contribution >= 4 is 38.4 Å². The van der Waals surface area contributed by atoms with Gasteiger partial charge in [0.05, 0.1) is 7.11 Å². The maximum absolute atomic E-state index is 13.1. The first kappa shape index (κ1) is 18.0. The quantitative estimate of drug-likeness (QED) is 0.830. The van der Waals surface area contributed by atoms with E-state index in [4.69, 9.17) is 4.74 Å². The normalized spacial score (nSPS) is 25.4. The summed E-state index contributed by atoms with van der Waals surface area (Å²) in [5, 5.41) is 3.33. The van der Waals surface area contributed by atoms with Gasteiger partial charge in [-0.3, -0.25) is 0 Å². The number of methoxy groups -OCH3 is 1. The standard InChI is InChI=1S/C14H19BrN2O3S.ClH/c1-20-13-5-2-10(15)8-14(13)21(18,19)17-11-3-4-12(17)9-16-7-6-11;/h2,5,8,11-12,16H,3-4,6-7,9H2,1H3;1H. The Morgan fingerprint density at radius 1 is 1.27 bits per heavy atom. The van der Waals surface area contributed by atoms with E-state index in [1.54, 1.807) is 22.5 Å². The van der Waals surface area contributed by atoms with Crippen molar-refractivity contribution in [3.8, 4) is 5.75 Å². The number of hydrogen-bond donors (Lipinski definition) is 1. The van der Waals surface area contributed by atoms with Crippen LogP contribution in [0.3, 0.4) is 0 Å². The molecule has 1 aromatic carbocycles. The zero-order valence-electron chi connectivity index (χ0n) is 12.3. The summed E-state index contributed by atoms with van der Waals surface area (Å²) in [6, 6.07) is 5.25. The van der Waals surface area contributed by atoms with Gasteiger partial charge < -0.3 is 10.1 Å². The molecule has 2 fully saturated rings. The molecule has 3 rings (SSSR count). The molecule has 0 radical (unpaired) electrons. The number of halogens is 2. The molecule has 0 amide bonds. The predicted molar refractivity (Wildman–Crippen MR) is 91.3 cm³/mol. The molecule has 8 heteroatoms. The third kappa shape index (κ3) is 3.14. The van der Waals surface area contributed by atoms with E-state index in [1.807, 2.05) is 0 Å². The Bertz CT molecular complexity index is 627. The summed E-state index contributed by atoms with van der Waals surface area (Å²) < 4.78 is 34.0. The monoisotopic (exact) mass is 410 g/mol. The van der Waals surface area contributed by atoms with E-state index >= 15 is 0 Å². The van der Waals surface area contributed by atoms with E-state index in [2.05, 4.69) is 21.2 Å². The molecular weight excluding hydrogens is 392 g/mol. The number of benzene rings is 1. The van der Waals surface area contributed by atoms with Gasteiger partial charge in [0.15, 0.2) is 0 Å². The summed E-state index contributed by atoms with van der Waals surface area (Å²) in [4.78, 5) is 0.248. The second kappa shape index (κ2) is 7.05. The minimum atomic E-state index is -3.55. The number of sulfonamides is 1. The smallest absolute Gasteiger partial charge is 0.247 e. The maximum atomic E-state index is 13.1.